The Kier molecular flexibility index (Phi) is 2.22. The van der Waals surface area contributed by atoms with E-state index in [0.717, 1.165) is 12.8 Å². The van der Waals surface area contributed by atoms with E-state index in [4.69, 9.17) is 0 Å². The van der Waals surface area contributed by atoms with Crippen molar-refractivity contribution in [1.29, 1.82) is 0 Å². The molecule has 0 aliphatic heterocycles. The van der Waals surface area contributed by atoms with Crippen LogP contribution in [0.5, 0.6) is 0 Å². The Morgan fingerprint density at radius 2 is 1.09 bits per heavy atom. The normalized spacial score (nSPS) is 13.5. The fraction of sp³-hybridized carbons (Fsp3) is 0.200. The molecule has 0 amide bonds. The summed E-state index contributed by atoms with van der Waals surface area (Å²) < 4.78 is 4.76. The summed E-state index contributed by atoms with van der Waals surface area (Å²) in [6, 6.07) is 17.6. The first-order valence-corrected chi connectivity index (χ1v) is 7.86. The second-order valence-corrected chi connectivity index (χ2v) is 6.36. The first-order valence-electron chi connectivity index (χ1n) is 7.86. The van der Waals surface area contributed by atoms with Crippen LogP contribution in [0.1, 0.15) is 22.5 Å². The fourth-order valence-electron chi connectivity index (χ4n) is 4.23. The number of fused-ring (bicyclic) bond motifs is 6. The molecule has 0 saturated heterocycles. The number of aryl methyl sites for hydroxylation is 2. The van der Waals surface area contributed by atoms with E-state index < -0.39 is 0 Å². The van der Waals surface area contributed by atoms with Crippen molar-refractivity contribution < 1.29 is 0 Å². The van der Waals surface area contributed by atoms with E-state index in [2.05, 4.69) is 71.8 Å². The Labute approximate surface area is 129 Å². The van der Waals surface area contributed by atoms with E-state index in [1.807, 2.05) is 0 Å². The molecule has 0 unspecified atom stereocenters. The van der Waals surface area contributed by atoms with Crippen molar-refractivity contribution in [2.75, 3.05) is 0 Å². The molecule has 0 fully saturated rings. The largest absolute Gasteiger partial charge is 0.347 e. The van der Waals surface area contributed by atoms with Crippen molar-refractivity contribution in [2.24, 2.45) is 14.1 Å². The van der Waals surface area contributed by atoms with Crippen molar-refractivity contribution >= 4 is 21.8 Å². The number of hydrogen-bond donors (Lipinski definition) is 0. The lowest BCUT2D eigenvalue weighted by Crippen LogP contribution is -2.11. The van der Waals surface area contributed by atoms with Gasteiger partial charge in [0.25, 0.3) is 0 Å². The highest BCUT2D eigenvalue weighted by molar-refractivity contribution is 5.91. The van der Waals surface area contributed by atoms with Crippen LogP contribution in [0.4, 0.5) is 0 Å². The maximum Gasteiger partial charge on any atom is 0.0483 e. The molecule has 5 rings (SSSR count). The van der Waals surface area contributed by atoms with Gasteiger partial charge in [0.2, 0.25) is 0 Å². The summed E-state index contributed by atoms with van der Waals surface area (Å²) in [5.74, 6) is 0. The highest BCUT2D eigenvalue weighted by Gasteiger charge is 2.26. The van der Waals surface area contributed by atoms with Crippen molar-refractivity contribution in [2.45, 2.75) is 12.8 Å². The predicted octanol–water partition coefficient (Wildman–Crippen LogP) is 4.17. The van der Waals surface area contributed by atoms with E-state index in [9.17, 15) is 0 Å². The third kappa shape index (κ3) is 1.35. The van der Waals surface area contributed by atoms with Gasteiger partial charge in [-0.1, -0.05) is 36.4 Å². The van der Waals surface area contributed by atoms with E-state index in [-0.39, 0.29) is 0 Å². The topological polar surface area (TPSA) is 9.86 Å². The molecule has 1 aliphatic carbocycles. The molecule has 2 aromatic heterocycles. The standard InChI is InChI=1S/C20H18N2/c1-21-17-9-5-3-7-13(17)15-11-16-14-8-4-6-10-18(14)22(2)20(16)12-19(15)21/h3-10H,11-12H2,1-2H3. The van der Waals surface area contributed by atoms with Crippen LogP contribution in [0.15, 0.2) is 48.5 Å². The van der Waals surface area contributed by atoms with Gasteiger partial charge in [-0.15, -0.1) is 0 Å². The van der Waals surface area contributed by atoms with Crippen LogP contribution < -0.4 is 0 Å². The third-order valence-electron chi connectivity index (χ3n) is 5.38. The van der Waals surface area contributed by atoms with E-state index >= 15 is 0 Å². The molecule has 2 heteroatoms. The summed E-state index contributed by atoms with van der Waals surface area (Å²) in [4.78, 5) is 0. The molecule has 0 atom stereocenters. The van der Waals surface area contributed by atoms with Gasteiger partial charge in [0.15, 0.2) is 0 Å². The van der Waals surface area contributed by atoms with Gasteiger partial charge in [-0.3, -0.25) is 0 Å². The molecule has 0 spiro atoms. The lowest BCUT2D eigenvalue weighted by molar-refractivity contribution is 0.785. The van der Waals surface area contributed by atoms with Crippen LogP contribution in [0.2, 0.25) is 0 Å². The monoisotopic (exact) mass is 286 g/mol. The number of benzene rings is 2. The molecular weight excluding hydrogens is 268 g/mol. The van der Waals surface area contributed by atoms with Gasteiger partial charge in [0.05, 0.1) is 0 Å². The molecule has 0 bridgehead atoms. The summed E-state index contributed by atoms with van der Waals surface area (Å²) in [5, 5.41) is 2.83. The average Bonchev–Trinajstić information content (AvgIpc) is 3.01. The molecular formula is C20H18N2. The third-order valence-corrected chi connectivity index (χ3v) is 5.38. The molecule has 0 N–H and O–H groups in total. The molecule has 22 heavy (non-hydrogen) atoms. The second-order valence-electron chi connectivity index (χ2n) is 6.36. The minimum Gasteiger partial charge on any atom is -0.347 e. The Balaban J connectivity index is 1.85. The highest BCUT2D eigenvalue weighted by atomic mass is 15.0. The summed E-state index contributed by atoms with van der Waals surface area (Å²) in [6.07, 6.45) is 2.08. The van der Waals surface area contributed by atoms with Crippen molar-refractivity contribution in [3.63, 3.8) is 0 Å². The number of aromatic nitrogens is 2. The van der Waals surface area contributed by atoms with Crippen LogP contribution in [-0.2, 0) is 26.9 Å². The molecule has 0 radical (unpaired) electrons. The van der Waals surface area contributed by atoms with Crippen LogP contribution in [0.3, 0.4) is 0 Å². The highest BCUT2D eigenvalue weighted by Crippen LogP contribution is 2.38. The Hall–Kier alpha value is -2.48. The molecule has 2 nitrogen and oxygen atoms in total. The molecule has 0 saturated carbocycles. The van der Waals surface area contributed by atoms with Gasteiger partial charge in [0.1, 0.15) is 0 Å². The van der Waals surface area contributed by atoms with Gasteiger partial charge < -0.3 is 9.13 Å². The number of hydrogen-bond acceptors (Lipinski definition) is 0. The number of para-hydroxylation sites is 2. The lowest BCUT2D eigenvalue weighted by Gasteiger charge is -2.17. The zero-order chi connectivity index (χ0) is 14.8. The second kappa shape index (κ2) is 4.04. The average molecular weight is 286 g/mol. The fourth-order valence-corrected chi connectivity index (χ4v) is 4.23. The van der Waals surface area contributed by atoms with E-state index in [1.165, 1.54) is 44.3 Å². The van der Waals surface area contributed by atoms with Gasteiger partial charge in [-0.05, 0) is 23.3 Å². The van der Waals surface area contributed by atoms with Crippen molar-refractivity contribution in [3.8, 4) is 0 Å². The smallest absolute Gasteiger partial charge is 0.0483 e. The summed E-state index contributed by atoms with van der Waals surface area (Å²) in [6.45, 7) is 0. The number of rotatable bonds is 0. The SMILES string of the molecule is Cn1c2c(c3ccccc31)Cc1c(n(C)c3ccccc13)C2. The Bertz CT molecular complexity index is 963. The van der Waals surface area contributed by atoms with E-state index in [0.29, 0.717) is 0 Å². The van der Waals surface area contributed by atoms with Crippen LogP contribution in [-0.4, -0.2) is 9.13 Å². The first-order chi connectivity index (χ1) is 10.8. The van der Waals surface area contributed by atoms with Crippen LogP contribution >= 0.6 is 0 Å². The van der Waals surface area contributed by atoms with Gasteiger partial charge in [-0.25, -0.2) is 0 Å². The first kappa shape index (κ1) is 12.1. The molecule has 4 aromatic rings. The van der Waals surface area contributed by atoms with Crippen LogP contribution in [0, 0.1) is 0 Å². The van der Waals surface area contributed by atoms with Gasteiger partial charge >= 0.3 is 0 Å². The predicted molar refractivity (Wildman–Crippen MR) is 91.5 cm³/mol. The molecule has 108 valence electrons. The zero-order valence-electron chi connectivity index (χ0n) is 12.9. The molecule has 2 heterocycles. The summed E-state index contributed by atoms with van der Waals surface area (Å²) in [5.41, 5.74) is 8.68. The Morgan fingerprint density at radius 1 is 0.636 bits per heavy atom. The summed E-state index contributed by atoms with van der Waals surface area (Å²) >= 11 is 0. The minimum absolute atomic E-state index is 1.03. The molecule has 1 aliphatic rings. The zero-order valence-corrected chi connectivity index (χ0v) is 12.9. The van der Waals surface area contributed by atoms with Gasteiger partial charge in [0, 0.05) is 60.1 Å². The summed E-state index contributed by atoms with van der Waals surface area (Å²) in [7, 11) is 4.41. The van der Waals surface area contributed by atoms with Crippen molar-refractivity contribution in [1.82, 2.24) is 9.13 Å². The minimum atomic E-state index is 1.03. The maximum absolute atomic E-state index is 2.38. The van der Waals surface area contributed by atoms with Gasteiger partial charge in [-0.2, -0.15) is 0 Å². The number of nitrogens with zero attached hydrogens (tertiary/aromatic N) is 2. The lowest BCUT2D eigenvalue weighted by atomic mass is 9.92. The van der Waals surface area contributed by atoms with Crippen molar-refractivity contribution in [3.05, 3.63) is 71.0 Å². The van der Waals surface area contributed by atoms with E-state index in [1.54, 1.807) is 0 Å². The maximum atomic E-state index is 2.38. The quantitative estimate of drug-likeness (QED) is 0.404. The molecule has 2 aromatic carbocycles. The Morgan fingerprint density at radius 3 is 1.59 bits per heavy atom. The van der Waals surface area contributed by atoms with Crippen LogP contribution in [0.25, 0.3) is 21.8 Å².